The predicted octanol–water partition coefficient (Wildman–Crippen LogP) is 1.37. The SMILES string of the molecule is O=C(Cc1ccccn1)N(CC1CCCN1)C1CC1. The Morgan fingerprint density at radius 2 is 2.26 bits per heavy atom. The molecule has 0 aromatic carbocycles. The lowest BCUT2D eigenvalue weighted by molar-refractivity contribution is -0.131. The average molecular weight is 259 g/mol. The Morgan fingerprint density at radius 1 is 1.37 bits per heavy atom. The summed E-state index contributed by atoms with van der Waals surface area (Å²) in [5.74, 6) is 0.231. The van der Waals surface area contributed by atoms with E-state index in [1.807, 2.05) is 18.2 Å². The Bertz CT molecular complexity index is 424. The van der Waals surface area contributed by atoms with Crippen LogP contribution in [0.2, 0.25) is 0 Å². The first kappa shape index (κ1) is 12.6. The Balaban J connectivity index is 1.61. The van der Waals surface area contributed by atoms with Crippen molar-refractivity contribution in [2.45, 2.75) is 44.2 Å². The zero-order valence-electron chi connectivity index (χ0n) is 11.2. The topological polar surface area (TPSA) is 45.2 Å². The summed E-state index contributed by atoms with van der Waals surface area (Å²) in [4.78, 5) is 18.8. The van der Waals surface area contributed by atoms with E-state index in [0.717, 1.165) is 18.8 Å². The lowest BCUT2D eigenvalue weighted by atomic mass is 10.2. The number of carbonyl (C=O) groups excluding carboxylic acids is 1. The molecule has 1 saturated carbocycles. The number of nitrogens with zero attached hydrogens (tertiary/aromatic N) is 2. The van der Waals surface area contributed by atoms with Crippen LogP contribution in [-0.2, 0) is 11.2 Å². The number of nitrogens with one attached hydrogen (secondary N) is 1. The van der Waals surface area contributed by atoms with E-state index >= 15 is 0 Å². The molecule has 2 heterocycles. The van der Waals surface area contributed by atoms with Gasteiger partial charge in [0.1, 0.15) is 0 Å². The van der Waals surface area contributed by atoms with Crippen molar-refractivity contribution >= 4 is 5.91 Å². The summed E-state index contributed by atoms with van der Waals surface area (Å²) < 4.78 is 0. The van der Waals surface area contributed by atoms with Crippen LogP contribution in [0.4, 0.5) is 0 Å². The van der Waals surface area contributed by atoms with Crippen molar-refractivity contribution in [2.24, 2.45) is 0 Å². The standard InChI is InChI=1S/C15H21N3O/c19-15(10-12-4-1-2-8-16-12)18(14-6-7-14)11-13-5-3-9-17-13/h1-2,4,8,13-14,17H,3,5-7,9-11H2. The molecule has 4 heteroatoms. The molecule has 2 aliphatic rings. The monoisotopic (exact) mass is 259 g/mol. The average Bonchev–Trinajstić information content (AvgIpc) is 3.14. The largest absolute Gasteiger partial charge is 0.338 e. The van der Waals surface area contributed by atoms with Crippen molar-refractivity contribution in [3.05, 3.63) is 30.1 Å². The fourth-order valence-corrected chi connectivity index (χ4v) is 2.75. The van der Waals surface area contributed by atoms with Crippen molar-refractivity contribution in [3.63, 3.8) is 0 Å². The highest BCUT2D eigenvalue weighted by Gasteiger charge is 2.34. The van der Waals surface area contributed by atoms with E-state index in [9.17, 15) is 4.79 Å². The number of hydrogen-bond acceptors (Lipinski definition) is 3. The molecule has 0 bridgehead atoms. The molecule has 0 spiro atoms. The van der Waals surface area contributed by atoms with Gasteiger partial charge in [-0.2, -0.15) is 0 Å². The third-order valence-electron chi connectivity index (χ3n) is 3.95. The minimum atomic E-state index is 0.231. The summed E-state index contributed by atoms with van der Waals surface area (Å²) in [6, 6.07) is 6.73. The van der Waals surface area contributed by atoms with E-state index in [4.69, 9.17) is 0 Å². The maximum absolute atomic E-state index is 12.4. The highest BCUT2D eigenvalue weighted by atomic mass is 16.2. The van der Waals surface area contributed by atoms with Crippen LogP contribution in [0.1, 0.15) is 31.4 Å². The summed E-state index contributed by atoms with van der Waals surface area (Å²) in [6.07, 6.45) is 6.95. The van der Waals surface area contributed by atoms with Gasteiger partial charge in [0.05, 0.1) is 6.42 Å². The highest BCUT2D eigenvalue weighted by molar-refractivity contribution is 5.79. The molecule has 1 aliphatic heterocycles. The van der Waals surface area contributed by atoms with Gasteiger partial charge in [0.2, 0.25) is 5.91 Å². The Morgan fingerprint density at radius 3 is 2.89 bits per heavy atom. The second kappa shape index (κ2) is 5.70. The van der Waals surface area contributed by atoms with E-state index in [1.54, 1.807) is 6.20 Å². The van der Waals surface area contributed by atoms with Gasteiger partial charge in [0.25, 0.3) is 0 Å². The third kappa shape index (κ3) is 3.32. The quantitative estimate of drug-likeness (QED) is 0.868. The van der Waals surface area contributed by atoms with E-state index in [0.29, 0.717) is 18.5 Å². The summed E-state index contributed by atoms with van der Waals surface area (Å²) in [5, 5.41) is 3.48. The molecule has 102 valence electrons. The van der Waals surface area contributed by atoms with Crippen molar-refractivity contribution in [1.82, 2.24) is 15.2 Å². The summed E-state index contributed by atoms with van der Waals surface area (Å²) in [5.41, 5.74) is 0.873. The molecular weight excluding hydrogens is 238 g/mol. The van der Waals surface area contributed by atoms with Gasteiger partial charge in [-0.25, -0.2) is 0 Å². The van der Waals surface area contributed by atoms with Gasteiger partial charge in [-0.05, 0) is 44.4 Å². The predicted molar refractivity (Wildman–Crippen MR) is 73.7 cm³/mol. The van der Waals surface area contributed by atoms with Crippen LogP contribution in [0.25, 0.3) is 0 Å². The van der Waals surface area contributed by atoms with Gasteiger partial charge in [-0.3, -0.25) is 9.78 Å². The second-order valence-corrected chi connectivity index (χ2v) is 5.57. The normalized spacial score (nSPS) is 22.4. The summed E-state index contributed by atoms with van der Waals surface area (Å²) in [6.45, 7) is 1.97. The van der Waals surface area contributed by atoms with Crippen molar-refractivity contribution < 1.29 is 4.79 Å². The number of rotatable bonds is 5. The van der Waals surface area contributed by atoms with E-state index in [-0.39, 0.29) is 5.91 Å². The third-order valence-corrected chi connectivity index (χ3v) is 3.95. The Hall–Kier alpha value is -1.42. The molecule has 1 atom stereocenters. The van der Waals surface area contributed by atoms with E-state index in [1.165, 1.54) is 25.7 Å². The van der Waals surface area contributed by atoms with Crippen LogP contribution in [0.15, 0.2) is 24.4 Å². The zero-order chi connectivity index (χ0) is 13.1. The molecule has 1 amide bonds. The maximum Gasteiger partial charge on any atom is 0.228 e. The number of aromatic nitrogens is 1. The molecule has 19 heavy (non-hydrogen) atoms. The molecule has 1 N–H and O–H groups in total. The minimum absolute atomic E-state index is 0.231. The van der Waals surface area contributed by atoms with Crippen LogP contribution >= 0.6 is 0 Å². The van der Waals surface area contributed by atoms with Crippen molar-refractivity contribution in [1.29, 1.82) is 0 Å². The Labute approximate surface area is 114 Å². The van der Waals surface area contributed by atoms with Crippen LogP contribution in [0, 0.1) is 0 Å². The minimum Gasteiger partial charge on any atom is -0.338 e. The zero-order valence-corrected chi connectivity index (χ0v) is 11.2. The molecule has 1 unspecified atom stereocenters. The number of carbonyl (C=O) groups is 1. The summed E-state index contributed by atoms with van der Waals surface area (Å²) in [7, 11) is 0. The van der Waals surface area contributed by atoms with Crippen LogP contribution in [0.5, 0.6) is 0 Å². The van der Waals surface area contributed by atoms with Crippen LogP contribution in [0.3, 0.4) is 0 Å². The lowest BCUT2D eigenvalue weighted by Gasteiger charge is -2.25. The first-order valence-electron chi connectivity index (χ1n) is 7.25. The molecular formula is C15H21N3O. The molecule has 4 nitrogen and oxygen atoms in total. The molecule has 1 aromatic rings. The van der Waals surface area contributed by atoms with Gasteiger partial charge < -0.3 is 10.2 Å². The molecule has 1 saturated heterocycles. The molecule has 3 rings (SSSR count). The number of pyridine rings is 1. The number of amides is 1. The van der Waals surface area contributed by atoms with Gasteiger partial charge >= 0.3 is 0 Å². The maximum atomic E-state index is 12.4. The van der Waals surface area contributed by atoms with Crippen molar-refractivity contribution in [3.8, 4) is 0 Å². The second-order valence-electron chi connectivity index (χ2n) is 5.57. The first-order valence-corrected chi connectivity index (χ1v) is 7.25. The van der Waals surface area contributed by atoms with Gasteiger partial charge in [-0.1, -0.05) is 6.07 Å². The van der Waals surface area contributed by atoms with E-state index in [2.05, 4.69) is 15.2 Å². The fourth-order valence-electron chi connectivity index (χ4n) is 2.75. The molecule has 1 aromatic heterocycles. The van der Waals surface area contributed by atoms with Gasteiger partial charge in [-0.15, -0.1) is 0 Å². The Kier molecular flexibility index (Phi) is 3.78. The van der Waals surface area contributed by atoms with E-state index < -0.39 is 0 Å². The molecule has 1 aliphatic carbocycles. The van der Waals surface area contributed by atoms with Crippen LogP contribution < -0.4 is 5.32 Å². The van der Waals surface area contributed by atoms with Crippen LogP contribution in [-0.4, -0.2) is 41.0 Å². The highest BCUT2D eigenvalue weighted by Crippen LogP contribution is 2.28. The van der Waals surface area contributed by atoms with Gasteiger partial charge in [0.15, 0.2) is 0 Å². The fraction of sp³-hybridized carbons (Fsp3) is 0.600. The van der Waals surface area contributed by atoms with Gasteiger partial charge in [0, 0.05) is 30.5 Å². The summed E-state index contributed by atoms with van der Waals surface area (Å²) >= 11 is 0. The van der Waals surface area contributed by atoms with Crippen molar-refractivity contribution in [2.75, 3.05) is 13.1 Å². The molecule has 0 radical (unpaired) electrons. The smallest absolute Gasteiger partial charge is 0.228 e. The molecule has 2 fully saturated rings. The first-order chi connectivity index (χ1) is 9.33. The lowest BCUT2D eigenvalue weighted by Crippen LogP contribution is -2.43. The number of hydrogen-bond donors (Lipinski definition) is 1.